The summed E-state index contributed by atoms with van der Waals surface area (Å²) < 4.78 is 0. The van der Waals surface area contributed by atoms with E-state index in [9.17, 15) is 4.79 Å². The van der Waals surface area contributed by atoms with Crippen LogP contribution < -0.4 is 16.8 Å². The number of carboxylic acids is 1. The Hall–Kier alpha value is -1.90. The van der Waals surface area contributed by atoms with E-state index in [1.807, 2.05) is 5.34 Å². The molecule has 9 nitrogen and oxygen atoms in total. The van der Waals surface area contributed by atoms with Gasteiger partial charge in [-0.25, -0.2) is 0 Å². The first-order valence-corrected chi connectivity index (χ1v) is 4.37. The lowest BCUT2D eigenvalue weighted by atomic mass is 10.2. The molecule has 0 aromatic heterocycles. The first kappa shape index (κ1) is 16.5. The van der Waals surface area contributed by atoms with Gasteiger partial charge in [-0.1, -0.05) is 0 Å². The zero-order valence-electron chi connectivity index (χ0n) is 8.97. The van der Waals surface area contributed by atoms with Crippen molar-refractivity contribution >= 4 is 11.9 Å². The quantitative estimate of drug-likeness (QED) is 0.129. The molecule has 0 spiro atoms. The molecule has 0 aliphatic heterocycles. The second-order valence-corrected chi connectivity index (χ2v) is 2.68. The molecule has 0 bridgehead atoms. The molecular weight excluding hydrogens is 218 g/mol. The van der Waals surface area contributed by atoms with Crippen LogP contribution in [0.1, 0.15) is 12.8 Å². The van der Waals surface area contributed by atoms with E-state index in [4.69, 9.17) is 26.9 Å². The fraction of sp³-hybridized carbons (Fsp3) is 0.714. The van der Waals surface area contributed by atoms with Gasteiger partial charge in [-0.3, -0.25) is 10.2 Å². The summed E-state index contributed by atoms with van der Waals surface area (Å²) in [5, 5.41) is 19.7. The molecule has 0 heterocycles. The summed E-state index contributed by atoms with van der Waals surface area (Å²) in [6.45, 7) is 0.482. The average Bonchev–Trinajstić information content (AvgIpc) is 2.24. The number of hydrogen-bond acceptors (Lipinski definition) is 6. The number of nitrogens with one attached hydrogen (secondary N) is 2. The van der Waals surface area contributed by atoms with Crippen molar-refractivity contribution in [2.24, 2.45) is 16.8 Å². The van der Waals surface area contributed by atoms with Crippen LogP contribution in [-0.2, 0) is 9.63 Å². The van der Waals surface area contributed by atoms with Gasteiger partial charge in [-0.15, -0.1) is 4.91 Å². The van der Waals surface area contributed by atoms with Crippen LogP contribution in [0.3, 0.4) is 0 Å². The molecule has 0 amide bonds. The van der Waals surface area contributed by atoms with Gasteiger partial charge in [0.2, 0.25) is 0 Å². The van der Waals surface area contributed by atoms with E-state index in [1.54, 1.807) is 0 Å². The first-order chi connectivity index (χ1) is 7.45. The molecule has 0 unspecified atom stereocenters. The molecule has 0 radical (unpaired) electrons. The van der Waals surface area contributed by atoms with Gasteiger partial charge in [-0.2, -0.15) is 0 Å². The zero-order valence-corrected chi connectivity index (χ0v) is 8.97. The Labute approximate surface area is 92.6 Å². The van der Waals surface area contributed by atoms with Crippen LogP contribution in [0.2, 0.25) is 0 Å². The molecule has 1 atom stereocenters. The number of carboxylic acid groups (broad SMARTS) is 1. The van der Waals surface area contributed by atoms with Crippen molar-refractivity contribution in [1.29, 1.82) is 5.41 Å². The minimum atomic E-state index is -1.00. The van der Waals surface area contributed by atoms with E-state index in [2.05, 4.69) is 10.2 Å². The summed E-state index contributed by atoms with van der Waals surface area (Å²) >= 11 is 0. The molecule has 16 heavy (non-hydrogen) atoms. The van der Waals surface area contributed by atoms with Crippen LogP contribution in [0, 0.1) is 10.3 Å². The molecule has 0 aliphatic rings. The van der Waals surface area contributed by atoms with Crippen molar-refractivity contribution in [3.05, 3.63) is 4.91 Å². The Morgan fingerprint density at radius 2 is 2.19 bits per heavy atom. The summed E-state index contributed by atoms with van der Waals surface area (Å²) in [6.07, 6.45) is 0.975. The SMILES string of the molecule is CON=O.N=C(N)NCCC[C@H](N)C(=O)O. The van der Waals surface area contributed by atoms with Crippen molar-refractivity contribution in [2.75, 3.05) is 13.7 Å². The summed E-state index contributed by atoms with van der Waals surface area (Å²) in [7, 11) is 1.20. The maximum atomic E-state index is 10.2. The molecule has 0 saturated carbocycles. The smallest absolute Gasteiger partial charge is 0.320 e. The highest BCUT2D eigenvalue weighted by molar-refractivity contribution is 5.74. The third kappa shape index (κ3) is 14.6. The third-order valence-electron chi connectivity index (χ3n) is 1.40. The van der Waals surface area contributed by atoms with Crippen molar-refractivity contribution in [1.82, 2.24) is 5.32 Å². The highest BCUT2D eigenvalue weighted by atomic mass is 16.7. The highest BCUT2D eigenvalue weighted by Crippen LogP contribution is 1.92. The van der Waals surface area contributed by atoms with E-state index in [0.29, 0.717) is 19.4 Å². The highest BCUT2D eigenvalue weighted by Gasteiger charge is 2.09. The molecule has 0 aromatic carbocycles. The van der Waals surface area contributed by atoms with Crippen LogP contribution in [0.15, 0.2) is 5.34 Å². The topological polar surface area (TPSA) is 164 Å². The lowest BCUT2D eigenvalue weighted by molar-refractivity contribution is -0.138. The third-order valence-corrected chi connectivity index (χ3v) is 1.40. The Morgan fingerprint density at radius 3 is 2.50 bits per heavy atom. The van der Waals surface area contributed by atoms with Gasteiger partial charge in [0.15, 0.2) is 11.3 Å². The zero-order chi connectivity index (χ0) is 13.0. The fourth-order valence-electron chi connectivity index (χ4n) is 0.669. The van der Waals surface area contributed by atoms with E-state index >= 15 is 0 Å². The molecule has 0 saturated heterocycles. The summed E-state index contributed by atoms with van der Waals surface area (Å²) in [4.78, 5) is 22.5. The van der Waals surface area contributed by atoms with Gasteiger partial charge in [0.05, 0.1) is 0 Å². The monoisotopic (exact) mass is 235 g/mol. The van der Waals surface area contributed by atoms with Gasteiger partial charge in [-0.05, 0) is 12.8 Å². The number of aliphatic carboxylic acids is 1. The van der Waals surface area contributed by atoms with Gasteiger partial charge >= 0.3 is 5.97 Å². The van der Waals surface area contributed by atoms with Crippen LogP contribution in [0.5, 0.6) is 0 Å². The maximum absolute atomic E-state index is 10.2. The standard InChI is InChI=1S/C6H14N4O2.CH3NO2/c7-4(5(11)12)2-1-3-10-6(8)9;1-4-2-3/h4H,1-3,7H2,(H,11,12)(H4,8,9,10);1H3/t4-;/m0./s1. The van der Waals surface area contributed by atoms with Gasteiger partial charge in [0.25, 0.3) is 0 Å². The predicted octanol–water partition coefficient (Wildman–Crippen LogP) is -1.02. The molecule has 94 valence electrons. The second kappa shape index (κ2) is 11.2. The largest absolute Gasteiger partial charge is 0.480 e. The van der Waals surface area contributed by atoms with E-state index in [1.165, 1.54) is 7.11 Å². The Kier molecular flexibility index (Phi) is 11.5. The lowest BCUT2D eigenvalue weighted by Crippen LogP contribution is -2.34. The number of hydrogen-bond donors (Lipinski definition) is 5. The van der Waals surface area contributed by atoms with E-state index < -0.39 is 12.0 Å². The number of rotatable bonds is 6. The van der Waals surface area contributed by atoms with Crippen molar-refractivity contribution < 1.29 is 14.7 Å². The molecule has 9 heteroatoms. The van der Waals surface area contributed by atoms with Gasteiger partial charge in [0.1, 0.15) is 13.2 Å². The fourth-order valence-corrected chi connectivity index (χ4v) is 0.669. The second-order valence-electron chi connectivity index (χ2n) is 2.68. The molecule has 7 N–H and O–H groups in total. The Morgan fingerprint density at radius 1 is 1.69 bits per heavy atom. The molecule has 0 rings (SSSR count). The van der Waals surface area contributed by atoms with Crippen molar-refractivity contribution in [3.8, 4) is 0 Å². The minimum absolute atomic E-state index is 0.112. The van der Waals surface area contributed by atoms with Crippen LogP contribution in [0.25, 0.3) is 0 Å². The van der Waals surface area contributed by atoms with Crippen LogP contribution in [0.4, 0.5) is 0 Å². The average molecular weight is 235 g/mol. The van der Waals surface area contributed by atoms with E-state index in [-0.39, 0.29) is 5.96 Å². The Bertz CT molecular complexity index is 223. The normalized spacial score (nSPS) is 10.4. The molecular formula is C7H17N5O4. The van der Waals surface area contributed by atoms with Crippen molar-refractivity contribution in [2.45, 2.75) is 18.9 Å². The predicted molar refractivity (Wildman–Crippen MR) is 57.6 cm³/mol. The number of carbonyl (C=O) groups is 1. The van der Waals surface area contributed by atoms with Gasteiger partial charge in [0, 0.05) is 6.54 Å². The molecule has 0 aliphatic carbocycles. The van der Waals surface area contributed by atoms with E-state index in [0.717, 1.165) is 0 Å². The van der Waals surface area contributed by atoms with Crippen LogP contribution in [-0.4, -0.2) is 36.7 Å². The molecule has 0 fully saturated rings. The maximum Gasteiger partial charge on any atom is 0.320 e. The summed E-state index contributed by atoms with van der Waals surface area (Å²) in [5.74, 6) is -1.11. The van der Waals surface area contributed by atoms with Crippen LogP contribution >= 0.6 is 0 Å². The number of nitrogens with zero attached hydrogens (tertiary/aromatic N) is 1. The summed E-state index contributed by atoms with van der Waals surface area (Å²) in [6, 6.07) is -0.821. The van der Waals surface area contributed by atoms with Crippen molar-refractivity contribution in [3.63, 3.8) is 0 Å². The summed E-state index contributed by atoms with van der Waals surface area (Å²) in [5.41, 5.74) is 10.2. The number of guanidine groups is 1. The Balaban J connectivity index is 0. The molecule has 0 aromatic rings. The lowest BCUT2D eigenvalue weighted by Gasteiger charge is -2.06. The number of nitrogens with two attached hydrogens (primary N) is 2. The minimum Gasteiger partial charge on any atom is -0.480 e. The first-order valence-electron chi connectivity index (χ1n) is 4.37. The van der Waals surface area contributed by atoms with Gasteiger partial charge < -0.3 is 26.7 Å².